The van der Waals surface area contributed by atoms with E-state index in [0.29, 0.717) is 16.0 Å². The van der Waals surface area contributed by atoms with Gasteiger partial charge in [0.05, 0.1) is 11.9 Å². The largest absolute Gasteiger partial charge is 0.317 e. The summed E-state index contributed by atoms with van der Waals surface area (Å²) in [5, 5.41) is 13.3. The van der Waals surface area contributed by atoms with Crippen LogP contribution < -0.4 is 5.32 Å². The predicted octanol–water partition coefficient (Wildman–Crippen LogP) is 2.20. The summed E-state index contributed by atoms with van der Waals surface area (Å²) in [4.78, 5) is 12.0. The third kappa shape index (κ3) is 2.38. The van der Waals surface area contributed by atoms with Crippen molar-refractivity contribution in [2.45, 2.75) is 19.9 Å². The molecule has 2 aromatic heterocycles. The lowest BCUT2D eigenvalue weighted by Gasteiger charge is -2.10. The number of H-pyrrole nitrogens is 1. The summed E-state index contributed by atoms with van der Waals surface area (Å²) in [5.41, 5.74) is 1.12. The first-order valence-corrected chi connectivity index (χ1v) is 5.92. The zero-order valence-corrected chi connectivity index (χ0v) is 11.0. The van der Waals surface area contributed by atoms with E-state index < -0.39 is 0 Å². The standard InChI is InChI=1S/C10H12BrN5O/c1-6(2)16-8(3-4-13-16)10(17)14-7-5-12-15-9(7)11/h3-6H,1-2H3,(H,12,15)(H,14,17). The molecule has 0 spiro atoms. The summed E-state index contributed by atoms with van der Waals surface area (Å²) >= 11 is 3.25. The molecule has 0 radical (unpaired) electrons. The number of amides is 1. The third-order valence-corrected chi connectivity index (χ3v) is 2.84. The van der Waals surface area contributed by atoms with Crippen LogP contribution in [0, 0.1) is 0 Å². The van der Waals surface area contributed by atoms with Crippen molar-refractivity contribution in [1.29, 1.82) is 0 Å². The second-order valence-corrected chi connectivity index (χ2v) is 4.60. The molecule has 0 fully saturated rings. The molecule has 2 rings (SSSR count). The minimum atomic E-state index is -0.210. The summed E-state index contributed by atoms with van der Waals surface area (Å²) < 4.78 is 2.31. The van der Waals surface area contributed by atoms with E-state index in [4.69, 9.17) is 0 Å². The van der Waals surface area contributed by atoms with E-state index in [1.54, 1.807) is 16.9 Å². The minimum Gasteiger partial charge on any atom is -0.317 e. The number of carbonyl (C=O) groups excluding carboxylic acids is 1. The van der Waals surface area contributed by atoms with Crippen LogP contribution in [0.1, 0.15) is 30.4 Å². The van der Waals surface area contributed by atoms with Crippen molar-refractivity contribution in [1.82, 2.24) is 20.0 Å². The average molecular weight is 298 g/mol. The van der Waals surface area contributed by atoms with Crippen molar-refractivity contribution in [3.63, 3.8) is 0 Å². The molecule has 0 aliphatic rings. The lowest BCUT2D eigenvalue weighted by atomic mass is 10.3. The van der Waals surface area contributed by atoms with Gasteiger partial charge in [-0.25, -0.2) is 0 Å². The van der Waals surface area contributed by atoms with Crippen LogP contribution in [0.25, 0.3) is 0 Å². The van der Waals surface area contributed by atoms with Crippen LogP contribution in [0.4, 0.5) is 5.69 Å². The Morgan fingerprint density at radius 1 is 1.59 bits per heavy atom. The number of nitrogens with zero attached hydrogens (tertiary/aromatic N) is 3. The number of carbonyl (C=O) groups is 1. The molecule has 1 amide bonds. The Balaban J connectivity index is 2.21. The molecule has 6 nitrogen and oxygen atoms in total. The number of halogens is 1. The fraction of sp³-hybridized carbons (Fsp3) is 0.300. The first kappa shape index (κ1) is 11.8. The summed E-state index contributed by atoms with van der Waals surface area (Å²) in [6.07, 6.45) is 3.15. The molecule has 0 aliphatic carbocycles. The molecular weight excluding hydrogens is 286 g/mol. The van der Waals surface area contributed by atoms with Gasteiger partial charge in [-0.3, -0.25) is 14.6 Å². The molecule has 0 saturated carbocycles. The molecule has 7 heteroatoms. The van der Waals surface area contributed by atoms with Gasteiger partial charge in [0.15, 0.2) is 0 Å². The third-order valence-electron chi connectivity index (χ3n) is 2.23. The van der Waals surface area contributed by atoms with E-state index in [1.807, 2.05) is 13.8 Å². The van der Waals surface area contributed by atoms with E-state index in [2.05, 4.69) is 36.5 Å². The zero-order valence-electron chi connectivity index (χ0n) is 9.44. The fourth-order valence-corrected chi connectivity index (χ4v) is 1.75. The number of rotatable bonds is 3. The average Bonchev–Trinajstić information content (AvgIpc) is 2.87. The Hall–Kier alpha value is -1.63. The molecule has 0 saturated heterocycles. The van der Waals surface area contributed by atoms with E-state index in [9.17, 15) is 4.79 Å². The first-order valence-electron chi connectivity index (χ1n) is 5.13. The Morgan fingerprint density at radius 2 is 2.35 bits per heavy atom. The second kappa shape index (κ2) is 4.70. The van der Waals surface area contributed by atoms with Gasteiger partial charge in [0, 0.05) is 12.2 Å². The van der Waals surface area contributed by atoms with E-state index in [0.717, 1.165) is 0 Å². The highest BCUT2D eigenvalue weighted by atomic mass is 79.9. The molecule has 0 bridgehead atoms. The van der Waals surface area contributed by atoms with Gasteiger partial charge in [0.2, 0.25) is 0 Å². The topological polar surface area (TPSA) is 75.6 Å². The lowest BCUT2D eigenvalue weighted by molar-refractivity contribution is 0.101. The number of hydrogen-bond donors (Lipinski definition) is 2. The number of aromatic nitrogens is 4. The number of nitrogens with one attached hydrogen (secondary N) is 2. The van der Waals surface area contributed by atoms with Gasteiger partial charge in [0.25, 0.3) is 5.91 Å². The van der Waals surface area contributed by atoms with E-state index in [-0.39, 0.29) is 11.9 Å². The van der Waals surface area contributed by atoms with Crippen molar-refractivity contribution in [3.05, 3.63) is 28.8 Å². The summed E-state index contributed by atoms with van der Waals surface area (Å²) in [5.74, 6) is -0.210. The zero-order chi connectivity index (χ0) is 12.4. The Labute approximate surface area is 107 Å². The monoisotopic (exact) mass is 297 g/mol. The number of hydrogen-bond acceptors (Lipinski definition) is 3. The normalized spacial score (nSPS) is 10.8. The maximum Gasteiger partial charge on any atom is 0.274 e. The molecule has 17 heavy (non-hydrogen) atoms. The van der Waals surface area contributed by atoms with Crippen LogP contribution in [0.3, 0.4) is 0 Å². The van der Waals surface area contributed by atoms with E-state index in [1.165, 1.54) is 6.20 Å². The Bertz CT molecular complexity index is 530. The highest BCUT2D eigenvalue weighted by molar-refractivity contribution is 9.10. The number of aromatic amines is 1. The molecule has 2 N–H and O–H groups in total. The van der Waals surface area contributed by atoms with Gasteiger partial charge in [0.1, 0.15) is 10.3 Å². The van der Waals surface area contributed by atoms with Crippen molar-refractivity contribution in [2.24, 2.45) is 0 Å². The Morgan fingerprint density at radius 3 is 2.94 bits per heavy atom. The van der Waals surface area contributed by atoms with Crippen LogP contribution in [0.2, 0.25) is 0 Å². The fourth-order valence-electron chi connectivity index (χ4n) is 1.45. The molecule has 0 atom stereocenters. The van der Waals surface area contributed by atoms with E-state index >= 15 is 0 Å². The SMILES string of the molecule is CC(C)n1nccc1C(=O)Nc1cn[nH]c1Br. The van der Waals surface area contributed by atoms with Gasteiger partial charge in [-0.05, 0) is 35.8 Å². The van der Waals surface area contributed by atoms with Crippen LogP contribution in [-0.4, -0.2) is 25.9 Å². The molecule has 0 aromatic carbocycles. The van der Waals surface area contributed by atoms with Gasteiger partial charge in [-0.1, -0.05) is 0 Å². The molecule has 90 valence electrons. The van der Waals surface area contributed by atoms with Gasteiger partial charge in [-0.15, -0.1) is 0 Å². The summed E-state index contributed by atoms with van der Waals surface area (Å²) in [6.45, 7) is 3.94. The molecular formula is C10H12BrN5O. The first-order chi connectivity index (χ1) is 8.09. The lowest BCUT2D eigenvalue weighted by Crippen LogP contribution is -2.18. The quantitative estimate of drug-likeness (QED) is 0.912. The van der Waals surface area contributed by atoms with Crippen molar-refractivity contribution in [3.8, 4) is 0 Å². The van der Waals surface area contributed by atoms with Crippen LogP contribution in [0.15, 0.2) is 23.1 Å². The maximum atomic E-state index is 12.0. The van der Waals surface area contributed by atoms with Gasteiger partial charge in [-0.2, -0.15) is 10.2 Å². The smallest absolute Gasteiger partial charge is 0.274 e. The maximum absolute atomic E-state index is 12.0. The van der Waals surface area contributed by atoms with Crippen LogP contribution in [-0.2, 0) is 0 Å². The molecule has 0 unspecified atom stereocenters. The number of anilines is 1. The molecule has 2 aromatic rings. The van der Waals surface area contributed by atoms with Gasteiger partial charge < -0.3 is 5.32 Å². The minimum absolute atomic E-state index is 0.138. The van der Waals surface area contributed by atoms with Crippen molar-refractivity contribution >= 4 is 27.5 Å². The van der Waals surface area contributed by atoms with Crippen LogP contribution in [0.5, 0.6) is 0 Å². The van der Waals surface area contributed by atoms with Crippen molar-refractivity contribution < 1.29 is 4.79 Å². The Kier molecular flexibility index (Phi) is 3.28. The predicted molar refractivity (Wildman–Crippen MR) is 66.9 cm³/mol. The highest BCUT2D eigenvalue weighted by Gasteiger charge is 2.15. The van der Waals surface area contributed by atoms with Crippen molar-refractivity contribution in [2.75, 3.05) is 5.32 Å². The second-order valence-electron chi connectivity index (χ2n) is 3.81. The highest BCUT2D eigenvalue weighted by Crippen LogP contribution is 2.19. The summed E-state index contributed by atoms with van der Waals surface area (Å²) in [7, 11) is 0. The summed E-state index contributed by atoms with van der Waals surface area (Å²) in [6, 6.07) is 1.82. The van der Waals surface area contributed by atoms with Crippen LogP contribution >= 0.6 is 15.9 Å². The molecule has 2 heterocycles. The molecule has 0 aliphatic heterocycles. The van der Waals surface area contributed by atoms with Gasteiger partial charge >= 0.3 is 0 Å².